The molecule has 1 fully saturated rings. The highest BCUT2D eigenvalue weighted by molar-refractivity contribution is 7.80. The molecule has 0 bridgehead atoms. The number of hydrogen-bond donors (Lipinski definition) is 1. The maximum absolute atomic E-state index is 10.2. The van der Waals surface area contributed by atoms with E-state index in [2.05, 4.69) is 15.8 Å². The van der Waals surface area contributed by atoms with Gasteiger partial charge >= 0.3 is 10.4 Å². The molecule has 0 spiro atoms. The lowest BCUT2D eigenvalue weighted by atomic mass is 10.1. The Kier molecular flexibility index (Phi) is 14.6. The third-order valence-electron chi connectivity index (χ3n) is 3.18. The molecule has 0 unspecified atom stereocenters. The van der Waals surface area contributed by atoms with E-state index in [9.17, 15) is 8.42 Å². The van der Waals surface area contributed by atoms with Crippen LogP contribution < -0.4 is 0 Å². The summed E-state index contributed by atoms with van der Waals surface area (Å²) in [6, 6.07) is 0. The van der Waals surface area contributed by atoms with Gasteiger partial charge in [0.2, 0.25) is 0 Å². The van der Waals surface area contributed by atoms with Crippen LogP contribution in [0.15, 0.2) is 0 Å². The van der Waals surface area contributed by atoms with E-state index in [4.69, 9.17) is 4.55 Å². The van der Waals surface area contributed by atoms with Gasteiger partial charge in [0, 0.05) is 0 Å². The third-order valence-corrected chi connectivity index (χ3v) is 3.65. The van der Waals surface area contributed by atoms with Crippen molar-refractivity contribution in [3.05, 3.63) is 0 Å². The lowest BCUT2D eigenvalue weighted by Gasteiger charge is -2.02. The van der Waals surface area contributed by atoms with E-state index in [0.717, 1.165) is 26.1 Å². The Labute approximate surface area is 130 Å². The second-order valence-electron chi connectivity index (χ2n) is 5.40. The molecule has 5 nitrogen and oxygen atoms in total. The zero-order valence-electron chi connectivity index (χ0n) is 13.4. The van der Waals surface area contributed by atoms with Crippen LogP contribution in [0.25, 0.3) is 0 Å². The summed E-state index contributed by atoms with van der Waals surface area (Å²) in [5, 5.41) is 0. The lowest BCUT2D eigenvalue weighted by molar-refractivity contribution is 0.261. The van der Waals surface area contributed by atoms with Crippen molar-refractivity contribution < 1.29 is 21.9 Å². The van der Waals surface area contributed by atoms with E-state index >= 15 is 0 Å². The smallest absolute Gasteiger partial charge is 0.377 e. The number of unbranched alkanes of at least 4 members (excludes halogenated alkanes) is 10. The zero-order valence-corrected chi connectivity index (χ0v) is 14.2. The van der Waals surface area contributed by atoms with Gasteiger partial charge in [-0.3, -0.25) is 4.55 Å². The van der Waals surface area contributed by atoms with Crippen molar-refractivity contribution in [3.63, 3.8) is 0 Å². The van der Waals surface area contributed by atoms with Crippen LogP contribution in [-0.4, -0.2) is 32.8 Å². The predicted octanol–water partition coefficient (Wildman–Crippen LogP) is 4.13. The molecule has 6 heteroatoms. The fourth-order valence-corrected chi connectivity index (χ4v) is 2.26. The van der Waals surface area contributed by atoms with E-state index in [1.807, 2.05) is 0 Å². The van der Waals surface area contributed by atoms with Gasteiger partial charge in [0.1, 0.15) is 0 Å². The Bertz CT molecular complexity index is 298. The van der Waals surface area contributed by atoms with Gasteiger partial charge in [-0.05, 0) is 6.42 Å². The minimum atomic E-state index is -4.24. The summed E-state index contributed by atoms with van der Waals surface area (Å²) in [5.74, 6) is 0. The molecule has 1 N–H and O–H groups in total. The van der Waals surface area contributed by atoms with Gasteiger partial charge < -0.3 is 4.74 Å². The molecule has 1 aliphatic heterocycles. The summed E-state index contributed by atoms with van der Waals surface area (Å²) in [7, 11) is -4.24. The van der Waals surface area contributed by atoms with Crippen LogP contribution in [0.1, 0.15) is 77.6 Å². The SMILES string of the molecule is C1CO1.CCCCCCCCCCCCCOS(=O)(=O)O. The summed E-state index contributed by atoms with van der Waals surface area (Å²) >= 11 is 0. The fourth-order valence-electron chi connectivity index (χ4n) is 1.93. The van der Waals surface area contributed by atoms with Crippen LogP contribution in [0.4, 0.5) is 0 Å². The molecule has 0 aromatic heterocycles. The van der Waals surface area contributed by atoms with Crippen LogP contribution in [0.5, 0.6) is 0 Å². The Morgan fingerprint density at radius 3 is 1.57 bits per heavy atom. The topological polar surface area (TPSA) is 76.1 Å². The van der Waals surface area contributed by atoms with Crippen molar-refractivity contribution in [2.75, 3.05) is 19.8 Å². The highest BCUT2D eigenvalue weighted by atomic mass is 32.3. The molecule has 1 aliphatic rings. The molecule has 21 heavy (non-hydrogen) atoms. The summed E-state index contributed by atoms with van der Waals surface area (Å²) in [6.45, 7) is 4.32. The van der Waals surface area contributed by atoms with Gasteiger partial charge in [-0.25, -0.2) is 4.18 Å². The van der Waals surface area contributed by atoms with Crippen LogP contribution in [0.3, 0.4) is 0 Å². The van der Waals surface area contributed by atoms with Gasteiger partial charge in [-0.1, -0.05) is 71.1 Å². The Balaban J connectivity index is 0.00000117. The maximum atomic E-state index is 10.2. The number of epoxide rings is 1. The summed E-state index contributed by atoms with van der Waals surface area (Å²) < 4.78 is 37.6. The van der Waals surface area contributed by atoms with Crippen LogP contribution in [-0.2, 0) is 19.3 Å². The van der Waals surface area contributed by atoms with E-state index in [-0.39, 0.29) is 6.61 Å². The number of hydrogen-bond acceptors (Lipinski definition) is 4. The number of rotatable bonds is 13. The standard InChI is InChI=1S/C13H28O4S.C2H4O/c1-2-3-4-5-6-7-8-9-10-11-12-13-17-18(14,15)16;1-2-3-1/h2-13H2,1H3,(H,14,15,16);1-2H2. The minimum Gasteiger partial charge on any atom is -0.377 e. The molecule has 1 saturated heterocycles. The molecule has 0 saturated carbocycles. The highest BCUT2D eigenvalue weighted by Gasteiger charge is 2.02. The molecular weight excluding hydrogens is 292 g/mol. The summed E-state index contributed by atoms with van der Waals surface area (Å²) in [6.07, 6.45) is 13.3. The first kappa shape index (κ1) is 20.8. The number of ether oxygens (including phenoxy) is 1. The molecular formula is C15H32O5S. The van der Waals surface area contributed by atoms with Crippen LogP contribution in [0.2, 0.25) is 0 Å². The predicted molar refractivity (Wildman–Crippen MR) is 84.8 cm³/mol. The first-order chi connectivity index (χ1) is 10.1. The monoisotopic (exact) mass is 324 g/mol. The minimum absolute atomic E-state index is 0.0931. The van der Waals surface area contributed by atoms with E-state index in [0.29, 0.717) is 6.42 Å². The van der Waals surface area contributed by atoms with Crippen molar-refractivity contribution in [1.82, 2.24) is 0 Å². The lowest BCUT2D eigenvalue weighted by Crippen LogP contribution is -2.04. The zero-order chi connectivity index (χ0) is 15.8. The molecule has 0 atom stereocenters. The van der Waals surface area contributed by atoms with Gasteiger partial charge in [-0.2, -0.15) is 8.42 Å². The van der Waals surface area contributed by atoms with Gasteiger partial charge in [0.25, 0.3) is 0 Å². The Morgan fingerprint density at radius 1 is 0.857 bits per heavy atom. The molecule has 0 aromatic rings. The highest BCUT2D eigenvalue weighted by Crippen LogP contribution is 2.11. The molecule has 1 heterocycles. The summed E-state index contributed by atoms with van der Waals surface area (Å²) in [5.41, 5.74) is 0. The molecule has 1 rings (SSSR count). The van der Waals surface area contributed by atoms with E-state index < -0.39 is 10.4 Å². The largest absolute Gasteiger partial charge is 0.397 e. The Morgan fingerprint density at radius 2 is 1.24 bits per heavy atom. The van der Waals surface area contributed by atoms with Gasteiger partial charge in [-0.15, -0.1) is 0 Å². The van der Waals surface area contributed by atoms with E-state index in [1.54, 1.807) is 0 Å². The molecule has 0 amide bonds. The Hall–Kier alpha value is -0.170. The molecule has 0 aromatic carbocycles. The fraction of sp³-hybridized carbons (Fsp3) is 1.00. The van der Waals surface area contributed by atoms with Gasteiger partial charge in [0.05, 0.1) is 19.8 Å². The third kappa shape index (κ3) is 25.2. The first-order valence-electron chi connectivity index (χ1n) is 8.26. The second kappa shape index (κ2) is 14.8. The first-order valence-corrected chi connectivity index (χ1v) is 9.62. The van der Waals surface area contributed by atoms with Crippen molar-refractivity contribution in [3.8, 4) is 0 Å². The molecule has 0 radical (unpaired) electrons. The quantitative estimate of drug-likeness (QED) is 0.313. The van der Waals surface area contributed by atoms with Gasteiger partial charge in [0.15, 0.2) is 0 Å². The van der Waals surface area contributed by atoms with Crippen molar-refractivity contribution in [2.24, 2.45) is 0 Å². The summed E-state index contributed by atoms with van der Waals surface area (Å²) in [4.78, 5) is 0. The van der Waals surface area contributed by atoms with Crippen molar-refractivity contribution in [1.29, 1.82) is 0 Å². The molecule has 0 aliphatic carbocycles. The average Bonchev–Trinajstić information content (AvgIpc) is 3.27. The normalized spacial score (nSPS) is 13.6. The van der Waals surface area contributed by atoms with E-state index in [1.165, 1.54) is 51.4 Å². The van der Waals surface area contributed by atoms with Crippen molar-refractivity contribution in [2.45, 2.75) is 77.6 Å². The van der Waals surface area contributed by atoms with Crippen LogP contribution >= 0.6 is 0 Å². The maximum Gasteiger partial charge on any atom is 0.397 e. The second-order valence-corrected chi connectivity index (χ2v) is 6.49. The van der Waals surface area contributed by atoms with Crippen LogP contribution in [0, 0.1) is 0 Å². The molecule has 128 valence electrons. The van der Waals surface area contributed by atoms with Crippen molar-refractivity contribution >= 4 is 10.4 Å². The average molecular weight is 324 g/mol.